The lowest BCUT2D eigenvalue weighted by Gasteiger charge is -2.05. The Morgan fingerprint density at radius 3 is 2.86 bits per heavy atom. The number of rotatable bonds is 6. The Morgan fingerprint density at radius 1 is 1.32 bits per heavy atom. The van der Waals surface area contributed by atoms with Crippen LogP contribution in [0.4, 0.5) is 15.6 Å². The summed E-state index contributed by atoms with van der Waals surface area (Å²) in [5, 5.41) is 14.3. The van der Waals surface area contributed by atoms with Gasteiger partial charge in [-0.05, 0) is 18.2 Å². The van der Waals surface area contributed by atoms with Crippen LogP contribution in [0.3, 0.4) is 0 Å². The van der Waals surface area contributed by atoms with E-state index in [9.17, 15) is 4.79 Å². The summed E-state index contributed by atoms with van der Waals surface area (Å²) in [6.45, 7) is 0.630. The number of amides is 2. The minimum absolute atomic E-state index is 0.368. The molecular weight excluding hydrogens is 367 g/mol. The summed E-state index contributed by atoms with van der Waals surface area (Å²) >= 11 is 14.5. The summed E-state index contributed by atoms with van der Waals surface area (Å²) < 4.78 is 5.72. The van der Waals surface area contributed by atoms with Gasteiger partial charge in [0.15, 0.2) is 4.34 Å². The number of carbonyl (C=O) groups excluding carboxylic acids is 1. The lowest BCUT2D eigenvalue weighted by molar-refractivity contribution is 0.218. The third kappa shape index (κ3) is 5.29. The van der Waals surface area contributed by atoms with E-state index in [4.69, 9.17) is 27.9 Å². The first kappa shape index (κ1) is 17.3. The number of anilines is 2. The van der Waals surface area contributed by atoms with Crippen molar-refractivity contribution >= 4 is 63.2 Å². The van der Waals surface area contributed by atoms with E-state index in [1.807, 2.05) is 0 Å². The van der Waals surface area contributed by atoms with Gasteiger partial charge in [0.05, 0.1) is 16.7 Å². The van der Waals surface area contributed by atoms with Crippen LogP contribution in [-0.2, 0) is 4.74 Å². The highest BCUT2D eigenvalue weighted by atomic mass is 35.5. The van der Waals surface area contributed by atoms with Crippen molar-refractivity contribution in [2.45, 2.75) is 4.34 Å². The molecule has 0 fully saturated rings. The number of hydrogen-bond acceptors (Lipinski definition) is 6. The Bertz CT molecular complexity index is 654. The number of thioether (sulfide) groups is 1. The van der Waals surface area contributed by atoms with Gasteiger partial charge in [-0.15, -0.1) is 10.2 Å². The molecule has 1 aromatic heterocycles. The van der Waals surface area contributed by atoms with Gasteiger partial charge in [0.1, 0.15) is 0 Å². The van der Waals surface area contributed by atoms with Crippen molar-refractivity contribution in [1.82, 2.24) is 10.2 Å². The molecular formula is C12H12Cl2N4O2S2. The maximum atomic E-state index is 11.9. The lowest BCUT2D eigenvalue weighted by Crippen LogP contribution is -2.19. The van der Waals surface area contributed by atoms with Crippen LogP contribution in [0.15, 0.2) is 22.5 Å². The van der Waals surface area contributed by atoms with Gasteiger partial charge in [-0.1, -0.05) is 46.3 Å². The number of halogens is 2. The molecule has 0 aliphatic heterocycles. The third-order valence-electron chi connectivity index (χ3n) is 2.32. The zero-order valence-corrected chi connectivity index (χ0v) is 14.6. The van der Waals surface area contributed by atoms with Crippen LogP contribution in [0.25, 0.3) is 0 Å². The zero-order chi connectivity index (χ0) is 15.9. The molecule has 0 aliphatic rings. The molecule has 0 atom stereocenters. The Hall–Kier alpha value is -1.06. The van der Waals surface area contributed by atoms with E-state index < -0.39 is 6.03 Å². The normalized spacial score (nSPS) is 10.5. The predicted octanol–water partition coefficient (Wildman–Crippen LogP) is 4.23. The largest absolute Gasteiger partial charge is 0.384 e. The Kier molecular flexibility index (Phi) is 6.71. The second-order valence-electron chi connectivity index (χ2n) is 3.92. The molecule has 10 heteroatoms. The van der Waals surface area contributed by atoms with Gasteiger partial charge in [0.2, 0.25) is 5.13 Å². The van der Waals surface area contributed by atoms with Crippen LogP contribution in [0.1, 0.15) is 0 Å². The van der Waals surface area contributed by atoms with Crippen molar-refractivity contribution in [3.05, 3.63) is 28.2 Å². The van der Waals surface area contributed by atoms with Gasteiger partial charge < -0.3 is 10.1 Å². The van der Waals surface area contributed by atoms with Crippen molar-refractivity contribution in [2.75, 3.05) is 30.1 Å². The van der Waals surface area contributed by atoms with E-state index >= 15 is 0 Å². The third-order valence-corrected chi connectivity index (χ3v) is 4.99. The van der Waals surface area contributed by atoms with Crippen molar-refractivity contribution < 1.29 is 9.53 Å². The zero-order valence-electron chi connectivity index (χ0n) is 11.4. The summed E-state index contributed by atoms with van der Waals surface area (Å²) in [6, 6.07) is 4.40. The minimum atomic E-state index is -0.428. The Morgan fingerprint density at radius 2 is 2.14 bits per heavy atom. The summed E-state index contributed by atoms with van der Waals surface area (Å²) in [5.41, 5.74) is 0.533. The molecule has 2 N–H and O–H groups in total. The molecule has 0 saturated carbocycles. The topological polar surface area (TPSA) is 76.1 Å². The van der Waals surface area contributed by atoms with Crippen molar-refractivity contribution in [1.29, 1.82) is 0 Å². The van der Waals surface area contributed by atoms with Crippen molar-refractivity contribution in [3.63, 3.8) is 0 Å². The first-order valence-corrected chi connectivity index (χ1v) is 8.62. The second-order valence-corrected chi connectivity index (χ2v) is 7.06. The number of hydrogen-bond donors (Lipinski definition) is 2. The molecule has 2 aromatic rings. The van der Waals surface area contributed by atoms with E-state index in [0.717, 1.165) is 10.1 Å². The first-order valence-electron chi connectivity index (χ1n) is 6.07. The molecule has 118 valence electrons. The van der Waals surface area contributed by atoms with Gasteiger partial charge in [-0.3, -0.25) is 5.32 Å². The van der Waals surface area contributed by atoms with Crippen LogP contribution >= 0.6 is 46.3 Å². The fourth-order valence-electron chi connectivity index (χ4n) is 1.36. The van der Waals surface area contributed by atoms with Gasteiger partial charge in [0, 0.05) is 18.6 Å². The number of nitrogens with zero attached hydrogens (tertiary/aromatic N) is 2. The number of carbonyl (C=O) groups is 1. The lowest BCUT2D eigenvalue weighted by atomic mass is 10.3. The molecule has 22 heavy (non-hydrogen) atoms. The molecule has 0 unspecified atom stereocenters. The highest BCUT2D eigenvalue weighted by Crippen LogP contribution is 2.26. The first-order chi connectivity index (χ1) is 10.6. The monoisotopic (exact) mass is 378 g/mol. The molecule has 2 rings (SSSR count). The van der Waals surface area contributed by atoms with E-state index in [2.05, 4.69) is 20.8 Å². The maximum Gasteiger partial charge on any atom is 0.325 e. The van der Waals surface area contributed by atoms with Crippen LogP contribution in [0, 0.1) is 0 Å². The molecule has 0 saturated heterocycles. The number of methoxy groups -OCH3 is 1. The molecule has 0 aliphatic carbocycles. The Balaban J connectivity index is 1.87. The number of aromatic nitrogens is 2. The average molecular weight is 379 g/mol. The van der Waals surface area contributed by atoms with Gasteiger partial charge in [0.25, 0.3) is 0 Å². The number of benzene rings is 1. The summed E-state index contributed by atoms with van der Waals surface area (Å²) in [4.78, 5) is 11.9. The van der Waals surface area contributed by atoms with Crippen molar-refractivity contribution in [2.24, 2.45) is 0 Å². The fourth-order valence-corrected chi connectivity index (χ4v) is 3.38. The van der Waals surface area contributed by atoms with Crippen molar-refractivity contribution in [3.8, 4) is 0 Å². The highest BCUT2D eigenvalue weighted by Gasteiger charge is 2.09. The number of ether oxygens (including phenoxy) is 1. The quantitative estimate of drug-likeness (QED) is 0.446. The molecule has 1 aromatic carbocycles. The van der Waals surface area contributed by atoms with E-state index in [0.29, 0.717) is 27.5 Å². The smallest absolute Gasteiger partial charge is 0.325 e. The van der Waals surface area contributed by atoms with E-state index in [1.54, 1.807) is 25.3 Å². The average Bonchev–Trinajstić information content (AvgIpc) is 2.90. The molecule has 2 amide bonds. The number of urea groups is 1. The second kappa shape index (κ2) is 8.54. The molecule has 1 heterocycles. The summed E-state index contributed by atoms with van der Waals surface area (Å²) in [5.74, 6) is 0.778. The van der Waals surface area contributed by atoms with Gasteiger partial charge >= 0.3 is 6.03 Å². The molecule has 0 spiro atoms. The Labute approximate surface area is 145 Å². The standard InChI is InChI=1S/C12H12Cl2N4O2S2/c1-20-4-5-21-12-18-17-11(22-12)16-10(19)15-7-2-3-8(13)9(14)6-7/h2-3,6H,4-5H2,1H3,(H2,15,16,17,19). The van der Waals surface area contributed by atoms with Gasteiger partial charge in [-0.25, -0.2) is 4.79 Å². The summed E-state index contributed by atoms with van der Waals surface area (Å²) in [7, 11) is 1.64. The van der Waals surface area contributed by atoms with Crippen LogP contribution in [0.2, 0.25) is 10.0 Å². The van der Waals surface area contributed by atoms with E-state index in [1.165, 1.54) is 23.1 Å². The maximum absolute atomic E-state index is 11.9. The van der Waals surface area contributed by atoms with E-state index in [-0.39, 0.29) is 0 Å². The fraction of sp³-hybridized carbons (Fsp3) is 0.250. The van der Waals surface area contributed by atoms with Crippen LogP contribution in [-0.4, -0.2) is 35.7 Å². The molecule has 6 nitrogen and oxygen atoms in total. The molecule has 0 radical (unpaired) electrons. The van der Waals surface area contributed by atoms with Crippen LogP contribution < -0.4 is 10.6 Å². The highest BCUT2D eigenvalue weighted by molar-refractivity contribution is 8.01. The van der Waals surface area contributed by atoms with Gasteiger partial charge in [-0.2, -0.15) is 0 Å². The SMILES string of the molecule is COCCSc1nnc(NC(=O)Nc2ccc(Cl)c(Cl)c2)s1. The minimum Gasteiger partial charge on any atom is -0.384 e. The number of nitrogens with one attached hydrogen (secondary N) is 2. The van der Waals surface area contributed by atoms with Crippen LogP contribution in [0.5, 0.6) is 0 Å². The predicted molar refractivity (Wildman–Crippen MR) is 91.6 cm³/mol. The summed E-state index contributed by atoms with van der Waals surface area (Å²) in [6.07, 6.45) is 0. The molecule has 0 bridgehead atoms.